The summed E-state index contributed by atoms with van der Waals surface area (Å²) in [6.45, 7) is 4.93. The van der Waals surface area contributed by atoms with Gasteiger partial charge in [-0.15, -0.1) is 0 Å². The molecule has 0 amide bonds. The smallest absolute Gasteiger partial charge is 0.208 e. The Balaban J connectivity index is 2.85. The lowest BCUT2D eigenvalue weighted by Crippen LogP contribution is -2.44. The molecule has 1 unspecified atom stereocenters. The van der Waals surface area contributed by atoms with Gasteiger partial charge >= 0.3 is 0 Å². The molecule has 0 radical (unpaired) electrons. The second-order valence-electron chi connectivity index (χ2n) is 4.19. The fourth-order valence-electron chi connectivity index (χ4n) is 1.65. The molecule has 3 N–H and O–H groups in total. The highest BCUT2D eigenvalue weighted by Crippen LogP contribution is 2.21. The van der Waals surface area contributed by atoms with E-state index < -0.39 is 0 Å². The minimum Gasteiger partial charge on any atom is -0.338 e. The number of hydrazine groups is 1. The zero-order valence-corrected chi connectivity index (χ0v) is 11.9. The molecule has 4 nitrogen and oxygen atoms in total. The predicted molar refractivity (Wildman–Crippen MR) is 77.5 cm³/mol. The number of benzene rings is 1. The minimum atomic E-state index is 0.148. The van der Waals surface area contributed by atoms with Gasteiger partial charge in [-0.05, 0) is 31.0 Å². The second-order valence-corrected chi connectivity index (χ2v) is 4.63. The highest BCUT2D eigenvalue weighted by atomic mass is 35.5. The standard InChI is InChI=1S/C13H21ClN4/c1-4-8-16-13(17-15)18(3)10(2)11-6-5-7-12(14)9-11/h5-7,9-10H,4,8,15H2,1-3H3,(H,16,17). The van der Waals surface area contributed by atoms with Crippen LogP contribution in [-0.2, 0) is 0 Å². The van der Waals surface area contributed by atoms with Gasteiger partial charge in [0.05, 0.1) is 6.04 Å². The number of halogens is 1. The van der Waals surface area contributed by atoms with Crippen molar-refractivity contribution in [2.75, 3.05) is 13.6 Å². The highest BCUT2D eigenvalue weighted by molar-refractivity contribution is 6.30. The molecular weight excluding hydrogens is 248 g/mol. The number of hydrogen-bond donors (Lipinski definition) is 2. The third-order valence-corrected chi connectivity index (χ3v) is 3.10. The topological polar surface area (TPSA) is 53.6 Å². The maximum Gasteiger partial charge on any atom is 0.208 e. The quantitative estimate of drug-likeness (QED) is 0.382. The van der Waals surface area contributed by atoms with Gasteiger partial charge in [0.15, 0.2) is 0 Å². The van der Waals surface area contributed by atoms with Crippen LogP contribution in [0.3, 0.4) is 0 Å². The Morgan fingerprint density at radius 3 is 2.83 bits per heavy atom. The molecule has 1 aromatic rings. The molecule has 100 valence electrons. The molecule has 1 rings (SSSR count). The van der Waals surface area contributed by atoms with Gasteiger partial charge in [-0.25, -0.2) is 5.84 Å². The van der Waals surface area contributed by atoms with Gasteiger partial charge in [-0.1, -0.05) is 30.7 Å². The van der Waals surface area contributed by atoms with Crippen molar-refractivity contribution in [2.24, 2.45) is 10.8 Å². The Bertz CT molecular complexity index is 406. The Labute approximate surface area is 114 Å². The molecule has 0 saturated carbocycles. The number of aliphatic imine (C=N–C) groups is 1. The molecule has 1 aromatic carbocycles. The number of rotatable bonds is 4. The number of hydrogen-bond acceptors (Lipinski definition) is 2. The van der Waals surface area contributed by atoms with Crippen molar-refractivity contribution >= 4 is 17.6 Å². The summed E-state index contributed by atoms with van der Waals surface area (Å²) in [6.07, 6.45) is 0.991. The average Bonchev–Trinajstić information content (AvgIpc) is 2.38. The van der Waals surface area contributed by atoms with E-state index >= 15 is 0 Å². The molecule has 0 aromatic heterocycles. The maximum atomic E-state index is 6.00. The van der Waals surface area contributed by atoms with Crippen LogP contribution in [0.1, 0.15) is 31.9 Å². The highest BCUT2D eigenvalue weighted by Gasteiger charge is 2.15. The van der Waals surface area contributed by atoms with Crippen molar-refractivity contribution in [1.82, 2.24) is 10.3 Å². The van der Waals surface area contributed by atoms with E-state index in [1.807, 2.05) is 36.2 Å². The first-order chi connectivity index (χ1) is 8.60. The van der Waals surface area contributed by atoms with E-state index in [1.54, 1.807) is 0 Å². The number of guanidine groups is 1. The van der Waals surface area contributed by atoms with Crippen molar-refractivity contribution in [3.8, 4) is 0 Å². The molecule has 0 heterocycles. The lowest BCUT2D eigenvalue weighted by atomic mass is 10.1. The van der Waals surface area contributed by atoms with Crippen LogP contribution in [-0.4, -0.2) is 24.5 Å². The van der Waals surface area contributed by atoms with E-state index in [0.29, 0.717) is 5.96 Å². The first kappa shape index (κ1) is 14.8. The lowest BCUT2D eigenvalue weighted by Gasteiger charge is -2.28. The van der Waals surface area contributed by atoms with Crippen molar-refractivity contribution in [1.29, 1.82) is 0 Å². The summed E-state index contributed by atoms with van der Waals surface area (Å²) in [7, 11) is 1.96. The van der Waals surface area contributed by atoms with Gasteiger partial charge in [-0.2, -0.15) is 0 Å². The van der Waals surface area contributed by atoms with E-state index in [0.717, 1.165) is 23.6 Å². The Morgan fingerprint density at radius 2 is 2.28 bits per heavy atom. The van der Waals surface area contributed by atoms with Gasteiger partial charge in [0.25, 0.3) is 0 Å². The Morgan fingerprint density at radius 1 is 1.56 bits per heavy atom. The van der Waals surface area contributed by atoms with Gasteiger partial charge in [0.1, 0.15) is 0 Å². The van der Waals surface area contributed by atoms with Crippen LogP contribution in [0.15, 0.2) is 29.3 Å². The zero-order valence-electron chi connectivity index (χ0n) is 11.2. The summed E-state index contributed by atoms with van der Waals surface area (Å²) >= 11 is 6.00. The monoisotopic (exact) mass is 268 g/mol. The van der Waals surface area contributed by atoms with Crippen LogP contribution in [0.25, 0.3) is 0 Å². The van der Waals surface area contributed by atoms with E-state index in [2.05, 4.69) is 24.3 Å². The summed E-state index contributed by atoms with van der Waals surface area (Å²) in [5.74, 6) is 6.20. The van der Waals surface area contributed by atoms with Crippen LogP contribution in [0, 0.1) is 0 Å². The molecule has 0 saturated heterocycles. The molecule has 0 aliphatic carbocycles. The number of nitrogens with one attached hydrogen (secondary N) is 1. The fourth-order valence-corrected chi connectivity index (χ4v) is 1.85. The second kappa shape index (κ2) is 7.24. The predicted octanol–water partition coefficient (Wildman–Crippen LogP) is 2.56. The first-order valence-electron chi connectivity index (χ1n) is 6.09. The van der Waals surface area contributed by atoms with Crippen LogP contribution >= 0.6 is 11.6 Å². The summed E-state index contributed by atoms with van der Waals surface area (Å²) in [5.41, 5.74) is 3.77. The van der Waals surface area contributed by atoms with E-state index in [-0.39, 0.29) is 6.04 Å². The normalized spacial score (nSPS) is 13.3. The van der Waals surface area contributed by atoms with Crippen LogP contribution in [0.2, 0.25) is 5.02 Å². The zero-order chi connectivity index (χ0) is 13.5. The van der Waals surface area contributed by atoms with Gasteiger partial charge < -0.3 is 4.90 Å². The SMILES string of the molecule is CCCN=C(NN)N(C)C(C)c1cccc(Cl)c1. The number of nitrogens with zero attached hydrogens (tertiary/aromatic N) is 2. The third kappa shape index (κ3) is 3.89. The minimum absolute atomic E-state index is 0.148. The van der Waals surface area contributed by atoms with Crippen molar-refractivity contribution in [3.63, 3.8) is 0 Å². The van der Waals surface area contributed by atoms with E-state index in [4.69, 9.17) is 17.4 Å². The van der Waals surface area contributed by atoms with Crippen molar-refractivity contribution < 1.29 is 0 Å². The van der Waals surface area contributed by atoms with Crippen molar-refractivity contribution in [2.45, 2.75) is 26.3 Å². The van der Waals surface area contributed by atoms with Gasteiger partial charge in [0, 0.05) is 18.6 Å². The van der Waals surface area contributed by atoms with Gasteiger partial charge in [0.2, 0.25) is 5.96 Å². The van der Waals surface area contributed by atoms with Gasteiger partial charge in [-0.3, -0.25) is 10.4 Å². The maximum absolute atomic E-state index is 6.00. The van der Waals surface area contributed by atoms with Crippen molar-refractivity contribution in [3.05, 3.63) is 34.9 Å². The molecule has 0 bridgehead atoms. The third-order valence-electron chi connectivity index (χ3n) is 2.86. The molecular formula is C13H21ClN4. The molecule has 18 heavy (non-hydrogen) atoms. The van der Waals surface area contributed by atoms with Crippen LogP contribution in [0.4, 0.5) is 0 Å². The summed E-state index contributed by atoms with van der Waals surface area (Å²) < 4.78 is 0. The Hall–Kier alpha value is -1.26. The average molecular weight is 269 g/mol. The molecule has 0 spiro atoms. The molecule has 0 aliphatic heterocycles. The van der Waals surface area contributed by atoms with E-state index in [9.17, 15) is 0 Å². The molecule has 0 fully saturated rings. The number of nitrogens with two attached hydrogens (primary N) is 1. The van der Waals surface area contributed by atoms with Crippen LogP contribution in [0.5, 0.6) is 0 Å². The largest absolute Gasteiger partial charge is 0.338 e. The Kier molecular flexibility index (Phi) is 5.95. The van der Waals surface area contributed by atoms with E-state index in [1.165, 1.54) is 0 Å². The molecule has 5 heteroatoms. The summed E-state index contributed by atoms with van der Waals surface area (Å²) in [4.78, 5) is 6.40. The molecule has 1 atom stereocenters. The summed E-state index contributed by atoms with van der Waals surface area (Å²) in [6, 6.07) is 7.96. The summed E-state index contributed by atoms with van der Waals surface area (Å²) in [5, 5.41) is 0.737. The van der Waals surface area contributed by atoms with Crippen LogP contribution < -0.4 is 11.3 Å². The molecule has 0 aliphatic rings. The first-order valence-corrected chi connectivity index (χ1v) is 6.47. The fraction of sp³-hybridized carbons (Fsp3) is 0.462. The lowest BCUT2D eigenvalue weighted by molar-refractivity contribution is 0.387.